The lowest BCUT2D eigenvalue weighted by atomic mass is 10.1. The summed E-state index contributed by atoms with van der Waals surface area (Å²) in [6.07, 6.45) is -3.50. The van der Waals surface area contributed by atoms with Gasteiger partial charge in [-0.2, -0.15) is 13.2 Å². The number of halogens is 5. The van der Waals surface area contributed by atoms with E-state index < -0.39 is 33.7 Å². The number of amides is 1. The molecule has 0 aliphatic heterocycles. The summed E-state index contributed by atoms with van der Waals surface area (Å²) in [7, 11) is -3.94. The molecule has 0 heterocycles. The van der Waals surface area contributed by atoms with Gasteiger partial charge in [0.25, 0.3) is 0 Å². The Morgan fingerprint density at radius 3 is 2.40 bits per heavy atom. The van der Waals surface area contributed by atoms with Gasteiger partial charge in [-0.3, -0.25) is 9.10 Å². The zero-order valence-electron chi connectivity index (χ0n) is 16.0. The van der Waals surface area contributed by atoms with Crippen LogP contribution in [0.1, 0.15) is 24.5 Å². The fourth-order valence-corrected chi connectivity index (χ4v) is 4.50. The smallest absolute Gasteiger partial charge is 0.350 e. The lowest BCUT2D eigenvalue weighted by Crippen LogP contribution is -2.49. The first-order chi connectivity index (χ1) is 13.8. The van der Waals surface area contributed by atoms with Crippen LogP contribution in [0.2, 0.25) is 10.0 Å². The van der Waals surface area contributed by atoms with Crippen LogP contribution >= 0.6 is 23.2 Å². The van der Waals surface area contributed by atoms with Crippen LogP contribution in [0.4, 0.5) is 18.9 Å². The van der Waals surface area contributed by atoms with Crippen LogP contribution in [0.5, 0.6) is 0 Å². The Labute approximate surface area is 182 Å². The third kappa shape index (κ3) is 6.02. The summed E-state index contributed by atoms with van der Waals surface area (Å²) in [6.45, 7) is 1.39. The Morgan fingerprint density at radius 1 is 1.17 bits per heavy atom. The van der Waals surface area contributed by atoms with Crippen molar-refractivity contribution in [3.63, 3.8) is 0 Å². The van der Waals surface area contributed by atoms with E-state index in [1.807, 2.05) is 0 Å². The quantitative estimate of drug-likeness (QED) is 0.611. The van der Waals surface area contributed by atoms with Crippen molar-refractivity contribution in [3.05, 3.63) is 63.6 Å². The van der Waals surface area contributed by atoms with Gasteiger partial charge in [-0.05, 0) is 42.3 Å². The number of nitrogens with one attached hydrogen (secondary N) is 1. The van der Waals surface area contributed by atoms with Gasteiger partial charge in [-0.1, -0.05) is 42.3 Å². The average molecular weight is 483 g/mol. The topological polar surface area (TPSA) is 66.5 Å². The third-order valence-corrected chi connectivity index (χ3v) is 5.92. The molecule has 0 bridgehead atoms. The first-order valence-corrected chi connectivity index (χ1v) is 11.3. The molecule has 2 rings (SSSR count). The largest absolute Gasteiger partial charge is 0.416 e. The van der Waals surface area contributed by atoms with Crippen LogP contribution in [0.15, 0.2) is 42.5 Å². The number of carbonyl (C=O) groups is 1. The van der Waals surface area contributed by atoms with E-state index in [1.165, 1.54) is 30.3 Å². The van der Waals surface area contributed by atoms with E-state index in [0.29, 0.717) is 0 Å². The van der Waals surface area contributed by atoms with Crippen molar-refractivity contribution < 1.29 is 26.4 Å². The second-order valence-electron chi connectivity index (χ2n) is 6.49. The number of hydrogen-bond acceptors (Lipinski definition) is 3. The highest BCUT2D eigenvalue weighted by molar-refractivity contribution is 7.92. The SMILES string of the molecule is CC[C@H](C(=O)NCc1cccc(C(F)(F)F)c1)N(c1cc(Cl)ccc1Cl)S(C)(=O)=O. The van der Waals surface area contributed by atoms with Gasteiger partial charge in [-0.25, -0.2) is 8.42 Å². The van der Waals surface area contributed by atoms with Crippen LogP contribution in [-0.4, -0.2) is 26.6 Å². The van der Waals surface area contributed by atoms with Gasteiger partial charge in [0.05, 0.1) is 22.5 Å². The molecule has 0 spiro atoms. The number of hydrogen-bond donors (Lipinski definition) is 1. The Hall–Kier alpha value is -1.97. The second-order valence-corrected chi connectivity index (χ2v) is 9.20. The Bertz CT molecular complexity index is 1030. The minimum absolute atomic E-state index is 0.0349. The predicted molar refractivity (Wildman–Crippen MR) is 111 cm³/mol. The van der Waals surface area contributed by atoms with Crippen molar-refractivity contribution in [2.24, 2.45) is 0 Å². The molecule has 0 aliphatic carbocycles. The molecule has 0 unspecified atom stereocenters. The normalized spacial score (nSPS) is 13.0. The maximum Gasteiger partial charge on any atom is 0.416 e. The number of sulfonamides is 1. The third-order valence-electron chi connectivity index (χ3n) is 4.20. The maximum atomic E-state index is 12.9. The van der Waals surface area contributed by atoms with Crippen molar-refractivity contribution in [1.82, 2.24) is 5.32 Å². The van der Waals surface area contributed by atoms with E-state index in [2.05, 4.69) is 5.32 Å². The molecule has 1 amide bonds. The lowest BCUT2D eigenvalue weighted by molar-refractivity contribution is -0.137. The molecule has 2 aromatic rings. The summed E-state index contributed by atoms with van der Waals surface area (Å²) >= 11 is 12.1. The molecule has 0 fully saturated rings. The maximum absolute atomic E-state index is 12.9. The zero-order valence-corrected chi connectivity index (χ0v) is 18.3. The van der Waals surface area contributed by atoms with Crippen LogP contribution in [-0.2, 0) is 27.5 Å². The number of carbonyl (C=O) groups excluding carboxylic acids is 1. The fourth-order valence-electron chi connectivity index (χ4n) is 2.85. The standard InChI is InChI=1S/C19H19Cl2F3N2O3S/c1-3-16(26(30(2,28)29)17-10-14(20)7-8-15(17)21)18(27)25-11-12-5-4-6-13(9-12)19(22,23)24/h4-10,16H,3,11H2,1-2H3,(H,25,27)/t16-/m1/s1. The molecule has 5 nitrogen and oxygen atoms in total. The number of rotatable bonds is 7. The summed E-state index contributed by atoms with van der Waals surface area (Å²) in [5, 5.41) is 2.80. The van der Waals surface area contributed by atoms with E-state index in [9.17, 15) is 26.4 Å². The van der Waals surface area contributed by atoms with Gasteiger partial charge in [0.1, 0.15) is 6.04 Å². The summed E-state index contributed by atoms with van der Waals surface area (Å²) in [5.74, 6) is -0.684. The summed E-state index contributed by atoms with van der Waals surface area (Å²) < 4.78 is 64.3. The first kappa shape index (κ1) is 24.3. The minimum Gasteiger partial charge on any atom is -0.350 e. The van der Waals surface area contributed by atoms with Gasteiger partial charge in [0.15, 0.2) is 0 Å². The Balaban J connectivity index is 2.30. The first-order valence-electron chi connectivity index (χ1n) is 8.73. The summed E-state index contributed by atoms with van der Waals surface area (Å²) in [5.41, 5.74) is -0.586. The number of nitrogens with zero attached hydrogens (tertiary/aromatic N) is 1. The molecular weight excluding hydrogens is 464 g/mol. The molecule has 0 aliphatic rings. The van der Waals surface area contributed by atoms with E-state index in [-0.39, 0.29) is 34.3 Å². The van der Waals surface area contributed by atoms with Crippen LogP contribution in [0.3, 0.4) is 0 Å². The zero-order chi connectivity index (χ0) is 22.7. The van der Waals surface area contributed by atoms with Gasteiger partial charge in [-0.15, -0.1) is 0 Å². The Morgan fingerprint density at radius 2 is 1.83 bits per heavy atom. The van der Waals surface area contributed by atoms with E-state index in [4.69, 9.17) is 23.2 Å². The van der Waals surface area contributed by atoms with Crippen LogP contribution in [0, 0.1) is 0 Å². The van der Waals surface area contributed by atoms with E-state index in [1.54, 1.807) is 6.92 Å². The molecule has 11 heteroatoms. The lowest BCUT2D eigenvalue weighted by Gasteiger charge is -2.30. The van der Waals surface area contributed by atoms with Crippen molar-refractivity contribution in [1.29, 1.82) is 0 Å². The van der Waals surface area contributed by atoms with Crippen molar-refractivity contribution in [3.8, 4) is 0 Å². The van der Waals surface area contributed by atoms with Gasteiger partial charge in [0, 0.05) is 11.6 Å². The van der Waals surface area contributed by atoms with Gasteiger partial charge in [0.2, 0.25) is 15.9 Å². The minimum atomic E-state index is -4.51. The molecule has 1 N–H and O–H groups in total. The molecule has 1 atom stereocenters. The molecule has 2 aromatic carbocycles. The number of anilines is 1. The second kappa shape index (κ2) is 9.45. The molecule has 0 saturated carbocycles. The molecular formula is C19H19Cl2F3N2O3S. The molecule has 0 saturated heterocycles. The highest BCUT2D eigenvalue weighted by Crippen LogP contribution is 2.33. The summed E-state index contributed by atoms with van der Waals surface area (Å²) in [6, 6.07) is 7.54. The summed E-state index contributed by atoms with van der Waals surface area (Å²) in [4.78, 5) is 12.8. The highest BCUT2D eigenvalue weighted by atomic mass is 35.5. The molecule has 164 valence electrons. The van der Waals surface area contributed by atoms with Gasteiger partial charge >= 0.3 is 6.18 Å². The van der Waals surface area contributed by atoms with Crippen molar-refractivity contribution >= 4 is 44.8 Å². The van der Waals surface area contributed by atoms with E-state index >= 15 is 0 Å². The Kier molecular flexibility index (Phi) is 7.65. The molecule has 0 aromatic heterocycles. The van der Waals surface area contributed by atoms with Crippen molar-refractivity contribution in [2.45, 2.75) is 32.1 Å². The van der Waals surface area contributed by atoms with Crippen molar-refractivity contribution in [2.75, 3.05) is 10.6 Å². The number of benzene rings is 2. The highest BCUT2D eigenvalue weighted by Gasteiger charge is 2.33. The van der Waals surface area contributed by atoms with E-state index in [0.717, 1.165) is 22.7 Å². The fraction of sp³-hybridized carbons (Fsp3) is 0.316. The van der Waals surface area contributed by atoms with Crippen LogP contribution < -0.4 is 9.62 Å². The average Bonchev–Trinajstić information content (AvgIpc) is 2.65. The molecule has 0 radical (unpaired) electrons. The molecule has 30 heavy (non-hydrogen) atoms. The number of alkyl halides is 3. The predicted octanol–water partition coefficient (Wildman–Crippen LogP) is 4.87. The monoisotopic (exact) mass is 482 g/mol. The van der Waals surface area contributed by atoms with Gasteiger partial charge < -0.3 is 5.32 Å². The van der Waals surface area contributed by atoms with Crippen LogP contribution in [0.25, 0.3) is 0 Å².